The Hall–Kier alpha value is -2.73. The molecule has 1 aromatic carbocycles. The van der Waals surface area contributed by atoms with Gasteiger partial charge in [0.1, 0.15) is 11.8 Å². The van der Waals surface area contributed by atoms with Gasteiger partial charge in [-0.1, -0.05) is 6.07 Å². The lowest BCUT2D eigenvalue weighted by Crippen LogP contribution is -1.87. The first kappa shape index (κ1) is 11.4. The first-order valence-electron chi connectivity index (χ1n) is 5.98. The lowest BCUT2D eigenvalue weighted by molar-refractivity contribution is 0.415. The van der Waals surface area contributed by atoms with Crippen LogP contribution < -0.4 is 4.74 Å². The molecule has 2 aromatic heterocycles. The van der Waals surface area contributed by atoms with Gasteiger partial charge in [-0.3, -0.25) is 0 Å². The third-order valence-electron chi connectivity index (χ3n) is 3.18. The Bertz CT molecular complexity index is 764. The Morgan fingerprint density at radius 1 is 1.11 bits per heavy atom. The van der Waals surface area contributed by atoms with Gasteiger partial charge in [0.2, 0.25) is 0 Å². The molecule has 3 nitrogen and oxygen atoms in total. The average Bonchev–Trinajstić information content (AvgIpc) is 2.86. The lowest BCUT2D eigenvalue weighted by atomic mass is 10.1. The summed E-state index contributed by atoms with van der Waals surface area (Å²) in [6.45, 7) is 0. The van der Waals surface area contributed by atoms with Gasteiger partial charge in [-0.15, -0.1) is 0 Å². The van der Waals surface area contributed by atoms with Crippen LogP contribution in [0.25, 0.3) is 16.8 Å². The van der Waals surface area contributed by atoms with Crippen molar-refractivity contribution >= 4 is 5.52 Å². The minimum absolute atomic E-state index is 0.686. The average molecular weight is 248 g/mol. The fourth-order valence-electron chi connectivity index (χ4n) is 2.23. The van der Waals surface area contributed by atoms with E-state index >= 15 is 0 Å². The van der Waals surface area contributed by atoms with Crippen molar-refractivity contribution in [1.82, 2.24) is 4.40 Å². The molecule has 0 aliphatic carbocycles. The molecule has 0 saturated heterocycles. The second-order valence-corrected chi connectivity index (χ2v) is 4.24. The van der Waals surface area contributed by atoms with Gasteiger partial charge < -0.3 is 9.14 Å². The molecule has 0 aliphatic rings. The molecular formula is C16H12N2O. The van der Waals surface area contributed by atoms with Gasteiger partial charge in [0.25, 0.3) is 0 Å². The van der Waals surface area contributed by atoms with E-state index in [1.165, 1.54) is 0 Å². The Labute approximate surface area is 111 Å². The Balaban J connectivity index is 2.22. The number of methoxy groups -OCH3 is 1. The van der Waals surface area contributed by atoms with Crippen LogP contribution in [-0.2, 0) is 0 Å². The molecule has 0 fully saturated rings. The van der Waals surface area contributed by atoms with Crippen molar-refractivity contribution in [3.05, 3.63) is 60.3 Å². The van der Waals surface area contributed by atoms with E-state index in [-0.39, 0.29) is 0 Å². The van der Waals surface area contributed by atoms with Crippen molar-refractivity contribution in [2.45, 2.75) is 0 Å². The Morgan fingerprint density at radius 2 is 1.89 bits per heavy atom. The number of benzene rings is 1. The number of pyridine rings is 1. The molecular weight excluding hydrogens is 236 g/mol. The number of rotatable bonds is 2. The quantitative estimate of drug-likeness (QED) is 0.696. The number of ether oxygens (including phenoxy) is 1. The van der Waals surface area contributed by atoms with Gasteiger partial charge in [-0.25, -0.2) is 0 Å². The highest BCUT2D eigenvalue weighted by molar-refractivity contribution is 5.74. The SMILES string of the molecule is COc1ccc(-c2cc(C#N)c3ccccn23)cc1. The molecule has 0 N–H and O–H groups in total. The van der Waals surface area contributed by atoms with Crippen LogP contribution in [0, 0.1) is 11.3 Å². The van der Waals surface area contributed by atoms with E-state index in [1.807, 2.05) is 59.1 Å². The molecule has 0 bridgehead atoms. The van der Waals surface area contributed by atoms with Gasteiger partial charge in [-0.05, 0) is 48.0 Å². The third kappa shape index (κ3) is 1.84. The zero-order chi connectivity index (χ0) is 13.2. The molecule has 0 amide bonds. The maximum atomic E-state index is 9.19. The summed E-state index contributed by atoms with van der Waals surface area (Å²) in [6.07, 6.45) is 1.97. The summed E-state index contributed by atoms with van der Waals surface area (Å²) in [4.78, 5) is 0. The van der Waals surface area contributed by atoms with E-state index in [0.717, 1.165) is 22.5 Å². The van der Waals surface area contributed by atoms with E-state index in [1.54, 1.807) is 7.11 Å². The third-order valence-corrected chi connectivity index (χ3v) is 3.18. The zero-order valence-corrected chi connectivity index (χ0v) is 10.5. The molecule has 0 spiro atoms. The van der Waals surface area contributed by atoms with E-state index in [9.17, 15) is 5.26 Å². The highest BCUT2D eigenvalue weighted by Gasteiger charge is 2.09. The fourth-order valence-corrected chi connectivity index (χ4v) is 2.23. The van der Waals surface area contributed by atoms with Crippen LogP contribution in [0.3, 0.4) is 0 Å². The monoisotopic (exact) mass is 248 g/mol. The van der Waals surface area contributed by atoms with Crippen molar-refractivity contribution in [2.75, 3.05) is 7.11 Å². The van der Waals surface area contributed by atoms with Crippen LogP contribution in [-0.4, -0.2) is 11.5 Å². The number of hydrogen-bond donors (Lipinski definition) is 0. The Kier molecular flexibility index (Phi) is 2.70. The van der Waals surface area contributed by atoms with Gasteiger partial charge in [0.15, 0.2) is 0 Å². The normalized spacial score (nSPS) is 10.3. The summed E-state index contributed by atoms with van der Waals surface area (Å²) in [7, 11) is 1.65. The summed E-state index contributed by atoms with van der Waals surface area (Å²) >= 11 is 0. The second kappa shape index (κ2) is 4.51. The number of aromatic nitrogens is 1. The second-order valence-electron chi connectivity index (χ2n) is 4.24. The molecule has 0 unspecified atom stereocenters. The van der Waals surface area contributed by atoms with E-state index in [4.69, 9.17) is 4.74 Å². The molecule has 19 heavy (non-hydrogen) atoms. The summed E-state index contributed by atoms with van der Waals surface area (Å²) < 4.78 is 7.19. The first-order chi connectivity index (χ1) is 9.33. The van der Waals surface area contributed by atoms with Crippen LogP contribution in [0.5, 0.6) is 5.75 Å². The minimum atomic E-state index is 0.686. The number of fused-ring (bicyclic) bond motifs is 1. The van der Waals surface area contributed by atoms with Gasteiger partial charge >= 0.3 is 0 Å². The van der Waals surface area contributed by atoms with Crippen molar-refractivity contribution < 1.29 is 4.74 Å². The highest BCUT2D eigenvalue weighted by atomic mass is 16.5. The van der Waals surface area contributed by atoms with Gasteiger partial charge in [0.05, 0.1) is 23.9 Å². The number of nitriles is 1. The van der Waals surface area contributed by atoms with Gasteiger partial charge in [0, 0.05) is 6.20 Å². The highest BCUT2D eigenvalue weighted by Crippen LogP contribution is 2.27. The lowest BCUT2D eigenvalue weighted by Gasteiger charge is -2.04. The zero-order valence-electron chi connectivity index (χ0n) is 10.5. The molecule has 0 saturated carbocycles. The molecule has 3 heteroatoms. The minimum Gasteiger partial charge on any atom is -0.497 e. The standard InChI is InChI=1S/C16H12N2O/c1-19-14-7-5-12(6-8-14)16-10-13(11-17)15-4-2-3-9-18(15)16/h2-10H,1H3. The fraction of sp³-hybridized carbons (Fsp3) is 0.0625. The maximum absolute atomic E-state index is 9.19. The summed E-state index contributed by atoms with van der Waals surface area (Å²) in [5.41, 5.74) is 3.68. The maximum Gasteiger partial charge on any atom is 0.118 e. The van der Waals surface area contributed by atoms with Gasteiger partial charge in [-0.2, -0.15) is 5.26 Å². The van der Waals surface area contributed by atoms with Crippen LogP contribution in [0.2, 0.25) is 0 Å². The van der Waals surface area contributed by atoms with Crippen molar-refractivity contribution in [3.8, 4) is 23.1 Å². The van der Waals surface area contributed by atoms with Crippen LogP contribution >= 0.6 is 0 Å². The smallest absolute Gasteiger partial charge is 0.118 e. The Morgan fingerprint density at radius 3 is 2.58 bits per heavy atom. The summed E-state index contributed by atoms with van der Waals surface area (Å²) in [5, 5.41) is 9.19. The molecule has 2 heterocycles. The van der Waals surface area contributed by atoms with Crippen molar-refractivity contribution in [2.24, 2.45) is 0 Å². The van der Waals surface area contributed by atoms with Crippen LogP contribution in [0.15, 0.2) is 54.7 Å². The molecule has 0 atom stereocenters. The van der Waals surface area contributed by atoms with Crippen molar-refractivity contribution in [3.63, 3.8) is 0 Å². The van der Waals surface area contributed by atoms with E-state index in [2.05, 4.69) is 6.07 Å². The largest absolute Gasteiger partial charge is 0.497 e. The van der Waals surface area contributed by atoms with E-state index < -0.39 is 0 Å². The molecule has 0 radical (unpaired) electrons. The summed E-state index contributed by atoms with van der Waals surface area (Å²) in [6, 6.07) is 17.8. The van der Waals surface area contributed by atoms with Crippen molar-refractivity contribution in [1.29, 1.82) is 5.26 Å². The molecule has 3 rings (SSSR count). The van der Waals surface area contributed by atoms with Crippen LogP contribution in [0.4, 0.5) is 0 Å². The number of hydrogen-bond acceptors (Lipinski definition) is 2. The topological polar surface area (TPSA) is 37.4 Å². The molecule has 92 valence electrons. The molecule has 0 aliphatic heterocycles. The summed E-state index contributed by atoms with van der Waals surface area (Å²) in [5.74, 6) is 0.824. The molecule has 3 aromatic rings. The predicted molar refractivity (Wildman–Crippen MR) is 74.1 cm³/mol. The predicted octanol–water partition coefficient (Wildman–Crippen LogP) is 3.49. The first-order valence-corrected chi connectivity index (χ1v) is 5.98. The number of nitrogens with zero attached hydrogens (tertiary/aromatic N) is 2. The van der Waals surface area contributed by atoms with Crippen LogP contribution in [0.1, 0.15) is 5.56 Å². The van der Waals surface area contributed by atoms with E-state index in [0.29, 0.717) is 5.56 Å².